The molecule has 0 saturated heterocycles. The van der Waals surface area contributed by atoms with Gasteiger partial charge in [-0.2, -0.15) is 0 Å². The van der Waals surface area contributed by atoms with Crippen molar-refractivity contribution < 1.29 is 9.59 Å². The van der Waals surface area contributed by atoms with Crippen molar-refractivity contribution in [2.75, 3.05) is 0 Å². The molecule has 3 amide bonds. The Morgan fingerprint density at radius 1 is 1.27 bits per heavy atom. The molecular formula is C10H19ClN2O2. The predicted octanol–water partition coefficient (Wildman–Crippen LogP) is 1.87. The zero-order valence-electron chi connectivity index (χ0n) is 9.63. The van der Waals surface area contributed by atoms with Crippen LogP contribution in [0.1, 0.15) is 34.1 Å². The standard InChI is InChI=1S/C10H19ClN2O2/c1-5-6(2)8(4)12-10(15)13-9(14)7(3)11/h6-8H,5H2,1-4H3,(H2,12,13,14,15). The van der Waals surface area contributed by atoms with E-state index in [0.717, 1.165) is 6.42 Å². The van der Waals surface area contributed by atoms with Crippen molar-refractivity contribution in [3.63, 3.8) is 0 Å². The SMILES string of the molecule is CCC(C)C(C)NC(=O)NC(=O)C(C)Cl. The molecule has 2 N–H and O–H groups in total. The van der Waals surface area contributed by atoms with Gasteiger partial charge >= 0.3 is 6.03 Å². The molecule has 0 aliphatic heterocycles. The van der Waals surface area contributed by atoms with Crippen molar-refractivity contribution in [3.05, 3.63) is 0 Å². The summed E-state index contributed by atoms with van der Waals surface area (Å²) in [5, 5.41) is 4.16. The fraction of sp³-hybridized carbons (Fsp3) is 0.800. The molecule has 0 aromatic rings. The quantitative estimate of drug-likeness (QED) is 0.730. The number of urea groups is 1. The first-order chi connectivity index (χ1) is 6.88. The molecule has 0 aromatic carbocycles. The molecule has 15 heavy (non-hydrogen) atoms. The second kappa shape index (κ2) is 6.67. The minimum atomic E-state index is -0.699. The molecule has 0 fully saturated rings. The molecule has 0 radical (unpaired) electrons. The Morgan fingerprint density at radius 3 is 2.20 bits per heavy atom. The highest BCUT2D eigenvalue weighted by Crippen LogP contribution is 2.06. The summed E-state index contributed by atoms with van der Waals surface area (Å²) in [6, 6.07) is -0.450. The molecule has 0 saturated carbocycles. The van der Waals surface area contributed by atoms with Crippen LogP contribution >= 0.6 is 11.6 Å². The highest BCUT2D eigenvalue weighted by molar-refractivity contribution is 6.31. The first kappa shape index (κ1) is 14.2. The second-order valence-corrected chi connectivity index (χ2v) is 4.41. The maximum atomic E-state index is 11.3. The summed E-state index contributed by atoms with van der Waals surface area (Å²) in [5.41, 5.74) is 0. The van der Waals surface area contributed by atoms with Crippen LogP contribution in [0.4, 0.5) is 4.79 Å². The number of halogens is 1. The first-order valence-electron chi connectivity index (χ1n) is 5.13. The van der Waals surface area contributed by atoms with Crippen LogP contribution in [-0.2, 0) is 4.79 Å². The zero-order valence-corrected chi connectivity index (χ0v) is 10.4. The number of rotatable bonds is 4. The van der Waals surface area contributed by atoms with Gasteiger partial charge in [-0.15, -0.1) is 11.6 Å². The summed E-state index contributed by atoms with van der Waals surface area (Å²) in [6.07, 6.45) is 0.974. The van der Waals surface area contributed by atoms with Gasteiger partial charge in [-0.25, -0.2) is 4.79 Å². The van der Waals surface area contributed by atoms with E-state index in [0.29, 0.717) is 5.92 Å². The number of nitrogens with one attached hydrogen (secondary N) is 2. The van der Waals surface area contributed by atoms with Gasteiger partial charge in [0.25, 0.3) is 0 Å². The largest absolute Gasteiger partial charge is 0.335 e. The van der Waals surface area contributed by atoms with Crippen LogP contribution in [0.2, 0.25) is 0 Å². The number of carbonyl (C=O) groups is 2. The van der Waals surface area contributed by atoms with Crippen LogP contribution in [0, 0.1) is 5.92 Å². The summed E-state index contributed by atoms with van der Waals surface area (Å²) in [4.78, 5) is 22.4. The minimum Gasteiger partial charge on any atom is -0.335 e. The van der Waals surface area contributed by atoms with E-state index < -0.39 is 17.3 Å². The highest BCUT2D eigenvalue weighted by atomic mass is 35.5. The number of hydrogen-bond acceptors (Lipinski definition) is 2. The zero-order chi connectivity index (χ0) is 12.0. The Labute approximate surface area is 95.7 Å². The van der Waals surface area contributed by atoms with E-state index in [1.165, 1.54) is 6.92 Å². The van der Waals surface area contributed by atoms with E-state index in [2.05, 4.69) is 10.6 Å². The molecule has 0 aromatic heterocycles. The van der Waals surface area contributed by atoms with Gasteiger partial charge < -0.3 is 5.32 Å². The van der Waals surface area contributed by atoms with E-state index in [1.54, 1.807) is 0 Å². The van der Waals surface area contributed by atoms with Crippen molar-refractivity contribution in [2.24, 2.45) is 5.92 Å². The summed E-state index contributed by atoms with van der Waals surface area (Å²) >= 11 is 5.51. The molecule has 3 unspecified atom stereocenters. The fourth-order valence-corrected chi connectivity index (χ4v) is 1.00. The fourth-order valence-electron chi connectivity index (χ4n) is 0.950. The van der Waals surface area contributed by atoms with Crippen molar-refractivity contribution in [3.8, 4) is 0 Å². The maximum Gasteiger partial charge on any atom is 0.321 e. The number of alkyl halides is 1. The lowest BCUT2D eigenvalue weighted by atomic mass is 10.0. The number of hydrogen-bond donors (Lipinski definition) is 2. The first-order valence-corrected chi connectivity index (χ1v) is 5.57. The average molecular weight is 235 g/mol. The summed E-state index contributed by atoms with van der Waals surface area (Å²) in [6.45, 7) is 7.51. The van der Waals surface area contributed by atoms with Crippen LogP contribution in [0.25, 0.3) is 0 Å². The second-order valence-electron chi connectivity index (χ2n) is 3.75. The van der Waals surface area contributed by atoms with Crippen LogP contribution in [0.15, 0.2) is 0 Å². The Balaban J connectivity index is 3.99. The molecule has 0 spiro atoms. The van der Waals surface area contributed by atoms with E-state index in [1.807, 2.05) is 20.8 Å². The lowest BCUT2D eigenvalue weighted by Gasteiger charge is -2.19. The van der Waals surface area contributed by atoms with Crippen molar-refractivity contribution in [1.82, 2.24) is 10.6 Å². The third-order valence-corrected chi connectivity index (χ3v) is 2.65. The summed E-state index contributed by atoms with van der Waals surface area (Å²) < 4.78 is 0. The summed E-state index contributed by atoms with van der Waals surface area (Å²) in [5.74, 6) is -0.107. The molecule has 5 heteroatoms. The molecular weight excluding hydrogens is 216 g/mol. The minimum absolute atomic E-state index is 0.0356. The Morgan fingerprint density at radius 2 is 1.80 bits per heavy atom. The van der Waals surface area contributed by atoms with E-state index in [9.17, 15) is 9.59 Å². The van der Waals surface area contributed by atoms with Crippen molar-refractivity contribution >= 4 is 23.5 Å². The van der Waals surface area contributed by atoms with Crippen LogP contribution < -0.4 is 10.6 Å². The molecule has 0 aliphatic rings. The normalized spacial score (nSPS) is 16.3. The van der Waals surface area contributed by atoms with Gasteiger partial charge in [0, 0.05) is 6.04 Å². The van der Waals surface area contributed by atoms with Gasteiger partial charge in [0.05, 0.1) is 0 Å². The van der Waals surface area contributed by atoms with E-state index in [4.69, 9.17) is 11.6 Å². The molecule has 88 valence electrons. The van der Waals surface area contributed by atoms with Gasteiger partial charge in [0.2, 0.25) is 5.91 Å². The molecule has 3 atom stereocenters. The van der Waals surface area contributed by atoms with Crippen molar-refractivity contribution in [2.45, 2.75) is 45.5 Å². The lowest BCUT2D eigenvalue weighted by Crippen LogP contribution is -2.47. The number of imide groups is 1. The van der Waals surface area contributed by atoms with E-state index >= 15 is 0 Å². The Hall–Kier alpha value is -0.770. The van der Waals surface area contributed by atoms with Crippen LogP contribution in [0.3, 0.4) is 0 Å². The predicted molar refractivity (Wildman–Crippen MR) is 60.9 cm³/mol. The lowest BCUT2D eigenvalue weighted by molar-refractivity contribution is -0.119. The topological polar surface area (TPSA) is 58.2 Å². The average Bonchev–Trinajstić information content (AvgIpc) is 2.15. The number of amides is 3. The Kier molecular flexibility index (Phi) is 6.32. The monoisotopic (exact) mass is 234 g/mol. The maximum absolute atomic E-state index is 11.3. The molecule has 4 nitrogen and oxygen atoms in total. The molecule has 0 bridgehead atoms. The van der Waals surface area contributed by atoms with E-state index in [-0.39, 0.29) is 6.04 Å². The Bertz CT molecular complexity index is 231. The molecule has 0 heterocycles. The van der Waals surface area contributed by atoms with Crippen LogP contribution in [0.5, 0.6) is 0 Å². The van der Waals surface area contributed by atoms with Gasteiger partial charge in [-0.3, -0.25) is 10.1 Å². The molecule has 0 aliphatic carbocycles. The molecule has 0 rings (SSSR count). The van der Waals surface area contributed by atoms with Crippen LogP contribution in [-0.4, -0.2) is 23.4 Å². The third-order valence-electron chi connectivity index (χ3n) is 2.45. The summed E-state index contributed by atoms with van der Waals surface area (Å²) in [7, 11) is 0. The highest BCUT2D eigenvalue weighted by Gasteiger charge is 2.16. The van der Waals surface area contributed by atoms with Gasteiger partial charge in [0.1, 0.15) is 5.38 Å². The smallest absolute Gasteiger partial charge is 0.321 e. The van der Waals surface area contributed by atoms with Gasteiger partial charge in [-0.05, 0) is 19.8 Å². The number of carbonyl (C=O) groups excluding carboxylic acids is 2. The van der Waals surface area contributed by atoms with Gasteiger partial charge in [0.15, 0.2) is 0 Å². The van der Waals surface area contributed by atoms with Crippen molar-refractivity contribution in [1.29, 1.82) is 0 Å². The van der Waals surface area contributed by atoms with Gasteiger partial charge in [-0.1, -0.05) is 20.3 Å². The third kappa shape index (κ3) is 5.62.